The Balaban J connectivity index is 1.71. The van der Waals surface area contributed by atoms with E-state index in [-0.39, 0.29) is 0 Å². The van der Waals surface area contributed by atoms with Crippen molar-refractivity contribution in [3.8, 4) is 5.69 Å². The molecule has 2 aromatic rings. The van der Waals surface area contributed by atoms with E-state index in [0.29, 0.717) is 0 Å². The summed E-state index contributed by atoms with van der Waals surface area (Å²) in [6.07, 6.45) is 2.52. The van der Waals surface area contributed by atoms with Crippen LogP contribution in [0.25, 0.3) is 5.69 Å². The molecular weight excluding hydrogens is 282 g/mol. The second-order valence-corrected chi connectivity index (χ2v) is 6.41. The molecular formula is C15H23N5S. The van der Waals surface area contributed by atoms with Gasteiger partial charge in [-0.1, -0.05) is 43.8 Å². The minimum atomic E-state index is 0.789. The molecule has 0 aliphatic heterocycles. The fraction of sp³-hybridized carbons (Fsp3) is 0.533. The average molecular weight is 305 g/mol. The van der Waals surface area contributed by atoms with Crippen molar-refractivity contribution >= 4 is 11.8 Å². The third kappa shape index (κ3) is 5.47. The van der Waals surface area contributed by atoms with Gasteiger partial charge in [0.25, 0.3) is 0 Å². The molecule has 0 saturated heterocycles. The van der Waals surface area contributed by atoms with Crippen molar-refractivity contribution in [2.24, 2.45) is 5.92 Å². The molecule has 0 fully saturated rings. The number of benzene rings is 1. The molecule has 1 heterocycles. The maximum atomic E-state index is 4.09. The van der Waals surface area contributed by atoms with Gasteiger partial charge in [0.1, 0.15) is 0 Å². The van der Waals surface area contributed by atoms with Crippen LogP contribution in [0.5, 0.6) is 0 Å². The van der Waals surface area contributed by atoms with Crippen molar-refractivity contribution in [3.63, 3.8) is 0 Å². The fourth-order valence-corrected chi connectivity index (χ4v) is 2.76. The van der Waals surface area contributed by atoms with E-state index in [1.807, 2.05) is 30.3 Å². The number of tetrazole rings is 1. The van der Waals surface area contributed by atoms with Gasteiger partial charge in [0.05, 0.1) is 5.69 Å². The van der Waals surface area contributed by atoms with Crippen LogP contribution < -0.4 is 5.32 Å². The quantitative estimate of drug-likeness (QED) is 0.570. The summed E-state index contributed by atoms with van der Waals surface area (Å²) in [6, 6.07) is 9.97. The molecule has 0 amide bonds. The van der Waals surface area contributed by atoms with E-state index in [9.17, 15) is 0 Å². The molecule has 1 aromatic heterocycles. The maximum Gasteiger partial charge on any atom is 0.214 e. The Labute approximate surface area is 130 Å². The molecule has 0 saturated carbocycles. The van der Waals surface area contributed by atoms with Crippen LogP contribution >= 0.6 is 11.8 Å². The summed E-state index contributed by atoms with van der Waals surface area (Å²) >= 11 is 1.68. The van der Waals surface area contributed by atoms with Crippen LogP contribution in [0.15, 0.2) is 35.5 Å². The van der Waals surface area contributed by atoms with Crippen LogP contribution in [0, 0.1) is 5.92 Å². The van der Waals surface area contributed by atoms with E-state index in [0.717, 1.165) is 35.6 Å². The van der Waals surface area contributed by atoms with Crippen molar-refractivity contribution in [1.82, 2.24) is 25.5 Å². The first-order valence-electron chi connectivity index (χ1n) is 7.44. The van der Waals surface area contributed by atoms with E-state index in [2.05, 4.69) is 34.7 Å². The number of rotatable bonds is 9. The monoisotopic (exact) mass is 305 g/mol. The molecule has 0 aliphatic carbocycles. The van der Waals surface area contributed by atoms with Crippen molar-refractivity contribution < 1.29 is 0 Å². The van der Waals surface area contributed by atoms with E-state index in [4.69, 9.17) is 0 Å². The SMILES string of the molecule is CC(C)CCCNCCSc1nnnn1-c1ccccc1. The highest BCUT2D eigenvalue weighted by Crippen LogP contribution is 2.17. The summed E-state index contributed by atoms with van der Waals surface area (Å²) in [7, 11) is 0. The van der Waals surface area contributed by atoms with Crippen LogP contribution in [0.3, 0.4) is 0 Å². The molecule has 21 heavy (non-hydrogen) atoms. The van der Waals surface area contributed by atoms with Gasteiger partial charge in [-0.05, 0) is 47.9 Å². The Morgan fingerprint density at radius 2 is 2.00 bits per heavy atom. The minimum Gasteiger partial charge on any atom is -0.316 e. The maximum absolute atomic E-state index is 4.09. The Morgan fingerprint density at radius 3 is 2.76 bits per heavy atom. The molecule has 6 heteroatoms. The molecule has 0 aliphatic rings. The van der Waals surface area contributed by atoms with Gasteiger partial charge in [-0.3, -0.25) is 0 Å². The normalized spacial score (nSPS) is 11.2. The number of nitrogens with zero attached hydrogens (tertiary/aromatic N) is 4. The van der Waals surface area contributed by atoms with Gasteiger partial charge >= 0.3 is 0 Å². The lowest BCUT2D eigenvalue weighted by atomic mass is 10.1. The highest BCUT2D eigenvalue weighted by atomic mass is 32.2. The number of hydrogen-bond acceptors (Lipinski definition) is 5. The van der Waals surface area contributed by atoms with Crippen LogP contribution in [-0.2, 0) is 0 Å². The summed E-state index contributed by atoms with van der Waals surface area (Å²) in [6.45, 7) is 6.59. The van der Waals surface area contributed by atoms with E-state index >= 15 is 0 Å². The topological polar surface area (TPSA) is 55.6 Å². The van der Waals surface area contributed by atoms with Crippen molar-refractivity contribution in [3.05, 3.63) is 30.3 Å². The molecule has 0 atom stereocenters. The molecule has 114 valence electrons. The Bertz CT molecular complexity index is 512. The lowest BCUT2D eigenvalue weighted by Crippen LogP contribution is -2.19. The van der Waals surface area contributed by atoms with Crippen molar-refractivity contribution in [2.45, 2.75) is 31.8 Å². The predicted molar refractivity (Wildman–Crippen MR) is 86.8 cm³/mol. The third-order valence-electron chi connectivity index (χ3n) is 3.09. The largest absolute Gasteiger partial charge is 0.316 e. The van der Waals surface area contributed by atoms with E-state index < -0.39 is 0 Å². The molecule has 0 unspecified atom stereocenters. The van der Waals surface area contributed by atoms with Gasteiger partial charge in [-0.15, -0.1) is 5.10 Å². The van der Waals surface area contributed by atoms with Gasteiger partial charge < -0.3 is 5.32 Å². The Kier molecular flexibility index (Phi) is 6.69. The second kappa shape index (κ2) is 8.79. The first-order chi connectivity index (χ1) is 10.3. The molecule has 1 aromatic carbocycles. The van der Waals surface area contributed by atoms with Gasteiger partial charge in [0, 0.05) is 12.3 Å². The molecule has 1 N–H and O–H groups in total. The van der Waals surface area contributed by atoms with Crippen molar-refractivity contribution in [2.75, 3.05) is 18.8 Å². The first kappa shape index (κ1) is 16.0. The molecule has 0 bridgehead atoms. The highest BCUT2D eigenvalue weighted by molar-refractivity contribution is 7.99. The molecule has 0 spiro atoms. The predicted octanol–water partition coefficient (Wildman–Crippen LogP) is 2.78. The zero-order valence-electron chi connectivity index (χ0n) is 12.7. The second-order valence-electron chi connectivity index (χ2n) is 5.34. The zero-order chi connectivity index (χ0) is 14.9. The van der Waals surface area contributed by atoms with Gasteiger partial charge in [-0.25, -0.2) is 0 Å². The smallest absolute Gasteiger partial charge is 0.214 e. The summed E-state index contributed by atoms with van der Waals surface area (Å²) in [5.74, 6) is 1.76. The minimum absolute atomic E-state index is 0.789. The van der Waals surface area contributed by atoms with Crippen molar-refractivity contribution in [1.29, 1.82) is 0 Å². The highest BCUT2D eigenvalue weighted by Gasteiger charge is 2.07. The Morgan fingerprint density at radius 1 is 1.19 bits per heavy atom. The lowest BCUT2D eigenvalue weighted by Gasteiger charge is -2.06. The molecule has 5 nitrogen and oxygen atoms in total. The zero-order valence-corrected chi connectivity index (χ0v) is 13.5. The standard InChI is InChI=1S/C15H23N5S/c1-13(2)7-6-10-16-11-12-21-15-17-18-19-20(15)14-8-4-3-5-9-14/h3-5,8-9,13,16H,6-7,10-12H2,1-2H3. The summed E-state index contributed by atoms with van der Waals surface area (Å²) in [4.78, 5) is 0. The third-order valence-corrected chi connectivity index (χ3v) is 4.01. The van der Waals surface area contributed by atoms with Crippen LogP contribution in [0.2, 0.25) is 0 Å². The summed E-state index contributed by atoms with van der Waals surface area (Å²) in [5, 5.41) is 16.2. The number of hydrogen-bond donors (Lipinski definition) is 1. The number of para-hydroxylation sites is 1. The molecule has 2 rings (SSSR count). The van der Waals surface area contributed by atoms with E-state index in [1.165, 1.54) is 12.8 Å². The van der Waals surface area contributed by atoms with Crippen LogP contribution in [0.1, 0.15) is 26.7 Å². The van der Waals surface area contributed by atoms with Gasteiger partial charge in [0.15, 0.2) is 0 Å². The summed E-state index contributed by atoms with van der Waals surface area (Å²) < 4.78 is 1.78. The van der Waals surface area contributed by atoms with Crippen LogP contribution in [-0.4, -0.2) is 39.0 Å². The summed E-state index contributed by atoms with van der Waals surface area (Å²) in [5.41, 5.74) is 0.995. The van der Waals surface area contributed by atoms with Crippen LogP contribution in [0.4, 0.5) is 0 Å². The lowest BCUT2D eigenvalue weighted by molar-refractivity contribution is 0.534. The number of thioether (sulfide) groups is 1. The fourth-order valence-electron chi connectivity index (χ4n) is 1.97. The Hall–Kier alpha value is -1.40. The van der Waals surface area contributed by atoms with Gasteiger partial charge in [0.2, 0.25) is 5.16 Å². The first-order valence-corrected chi connectivity index (χ1v) is 8.43. The van der Waals surface area contributed by atoms with E-state index in [1.54, 1.807) is 16.4 Å². The van der Waals surface area contributed by atoms with Gasteiger partial charge in [-0.2, -0.15) is 4.68 Å². The number of aromatic nitrogens is 4. The average Bonchev–Trinajstić information content (AvgIpc) is 2.95. The molecule has 0 radical (unpaired) electrons. The number of nitrogens with one attached hydrogen (secondary N) is 1.